The van der Waals surface area contributed by atoms with Gasteiger partial charge in [0.15, 0.2) is 0 Å². The molecule has 1 aromatic rings. The number of hydrogen-bond donors (Lipinski definition) is 3. The number of H-pyrrole nitrogens is 1. The average Bonchev–Trinajstić information content (AvgIpc) is 3.15. The standard InChI is InChI=1S/C24H37BN4O2/c1-5-17-13-16(4)19(15-24(30,7-3)14-17)22-21(18-9-10-27-23(18)26)20(6-2)25-29(28-22)11-8-12-31-25/h7,9-10,16-17,19,27,30H,3,5-6,8,11-15,26H2,1-2,4H3/t16-,17-,19-,24-/m1/s1. The molecule has 1 aliphatic carbocycles. The van der Waals surface area contributed by atoms with Crippen molar-refractivity contribution in [2.45, 2.75) is 64.9 Å². The number of nitrogens with two attached hydrogens (primary N) is 1. The molecule has 3 heterocycles. The highest BCUT2D eigenvalue weighted by molar-refractivity contribution is 6.62. The third kappa shape index (κ3) is 4.10. The lowest BCUT2D eigenvalue weighted by atomic mass is 9.62. The van der Waals surface area contributed by atoms with Crippen LogP contribution in [0, 0.1) is 17.8 Å². The maximum atomic E-state index is 11.4. The van der Waals surface area contributed by atoms with Gasteiger partial charge in [0.2, 0.25) is 0 Å². The summed E-state index contributed by atoms with van der Waals surface area (Å²) in [7, 11) is -0.130. The van der Waals surface area contributed by atoms with Crippen LogP contribution in [0.1, 0.15) is 64.9 Å². The fourth-order valence-corrected chi connectivity index (χ4v) is 5.79. The van der Waals surface area contributed by atoms with Crippen LogP contribution in [0.25, 0.3) is 5.57 Å². The second-order valence-electron chi connectivity index (χ2n) is 9.59. The van der Waals surface area contributed by atoms with Gasteiger partial charge in [0, 0.05) is 36.4 Å². The minimum Gasteiger partial charge on any atom is -0.412 e. The molecule has 3 aliphatic rings. The molecule has 6 nitrogen and oxygen atoms in total. The summed E-state index contributed by atoms with van der Waals surface area (Å²) in [6.45, 7) is 12.3. The minimum atomic E-state index is -0.880. The summed E-state index contributed by atoms with van der Waals surface area (Å²) in [5, 5.41) is 16.6. The van der Waals surface area contributed by atoms with Crippen LogP contribution in [0.4, 0.5) is 5.82 Å². The molecule has 1 aromatic heterocycles. The third-order valence-corrected chi connectivity index (χ3v) is 7.53. The van der Waals surface area contributed by atoms with Crippen LogP contribution in [-0.4, -0.2) is 46.5 Å². The first-order valence-electron chi connectivity index (χ1n) is 11.9. The molecule has 7 heteroatoms. The Bertz CT molecular complexity index is 879. The predicted octanol–water partition coefficient (Wildman–Crippen LogP) is 4.26. The summed E-state index contributed by atoms with van der Waals surface area (Å²) in [5.41, 5.74) is 9.89. The van der Waals surface area contributed by atoms with Crippen molar-refractivity contribution in [3.05, 3.63) is 36.0 Å². The smallest absolute Gasteiger partial charge is 0.412 e. The van der Waals surface area contributed by atoms with Crippen molar-refractivity contribution < 1.29 is 9.76 Å². The number of hydrogen-bond acceptors (Lipinski definition) is 5. The topological polar surface area (TPSA) is 86.9 Å². The highest BCUT2D eigenvalue weighted by Crippen LogP contribution is 2.45. The van der Waals surface area contributed by atoms with Crippen molar-refractivity contribution in [3.8, 4) is 0 Å². The number of rotatable bonds is 5. The molecule has 4 atom stereocenters. The summed E-state index contributed by atoms with van der Waals surface area (Å²) >= 11 is 0. The number of nitrogen functional groups attached to an aromatic ring is 1. The van der Waals surface area contributed by atoms with Gasteiger partial charge in [0.1, 0.15) is 5.82 Å². The number of fused-ring (bicyclic) bond motifs is 1. The van der Waals surface area contributed by atoms with Crippen molar-refractivity contribution in [2.75, 3.05) is 18.9 Å². The number of aliphatic hydroxyl groups is 1. The number of hydrazone groups is 1. The Hall–Kier alpha value is -1.99. The van der Waals surface area contributed by atoms with Gasteiger partial charge in [-0.05, 0) is 55.5 Å². The highest BCUT2D eigenvalue weighted by Gasteiger charge is 2.45. The molecule has 168 valence electrons. The van der Waals surface area contributed by atoms with E-state index in [0.717, 1.165) is 62.1 Å². The summed E-state index contributed by atoms with van der Waals surface area (Å²) < 4.78 is 6.18. The van der Waals surface area contributed by atoms with Crippen LogP contribution in [-0.2, 0) is 4.65 Å². The zero-order valence-electron chi connectivity index (χ0n) is 19.2. The van der Waals surface area contributed by atoms with Gasteiger partial charge in [-0.3, -0.25) is 0 Å². The Balaban J connectivity index is 1.85. The summed E-state index contributed by atoms with van der Waals surface area (Å²) in [6, 6.07) is 2.05. The van der Waals surface area contributed by atoms with Crippen LogP contribution in [0.15, 0.2) is 35.5 Å². The van der Waals surface area contributed by atoms with Gasteiger partial charge in [-0.15, -0.1) is 6.58 Å². The van der Waals surface area contributed by atoms with E-state index in [0.29, 0.717) is 24.1 Å². The molecule has 2 fully saturated rings. The quantitative estimate of drug-likeness (QED) is 0.375. The second kappa shape index (κ2) is 8.87. The van der Waals surface area contributed by atoms with Crippen LogP contribution in [0.2, 0.25) is 0 Å². The molecule has 0 bridgehead atoms. The van der Waals surface area contributed by atoms with Crippen LogP contribution >= 0.6 is 0 Å². The summed E-state index contributed by atoms with van der Waals surface area (Å²) in [6.07, 6.45) is 9.03. The molecule has 1 saturated heterocycles. The largest absolute Gasteiger partial charge is 0.465 e. The molecule has 0 amide bonds. The van der Waals surface area contributed by atoms with Crippen molar-refractivity contribution in [1.82, 2.24) is 9.90 Å². The Morgan fingerprint density at radius 3 is 2.90 bits per heavy atom. The van der Waals surface area contributed by atoms with E-state index in [9.17, 15) is 5.11 Å². The average molecular weight is 424 g/mol. The second-order valence-corrected chi connectivity index (χ2v) is 9.59. The Morgan fingerprint density at radius 2 is 2.26 bits per heavy atom. The van der Waals surface area contributed by atoms with Gasteiger partial charge in [0.05, 0.1) is 11.3 Å². The summed E-state index contributed by atoms with van der Waals surface area (Å²) in [5.74, 6) is 1.65. The summed E-state index contributed by atoms with van der Waals surface area (Å²) in [4.78, 5) is 5.26. The molecule has 4 N–H and O–H groups in total. The van der Waals surface area contributed by atoms with Gasteiger partial charge in [0.25, 0.3) is 0 Å². The normalized spacial score (nSPS) is 31.9. The van der Waals surface area contributed by atoms with Crippen molar-refractivity contribution in [3.63, 3.8) is 0 Å². The van der Waals surface area contributed by atoms with E-state index in [1.54, 1.807) is 6.08 Å². The maximum Gasteiger partial charge on any atom is 0.465 e. The van der Waals surface area contributed by atoms with E-state index in [4.69, 9.17) is 15.5 Å². The fraction of sp³-hybridized carbons (Fsp3) is 0.625. The zero-order valence-corrected chi connectivity index (χ0v) is 19.2. The number of nitrogens with one attached hydrogen (secondary N) is 1. The Labute approximate surface area is 186 Å². The van der Waals surface area contributed by atoms with Gasteiger partial charge in [-0.2, -0.15) is 5.10 Å². The molecule has 0 aromatic carbocycles. The van der Waals surface area contributed by atoms with Gasteiger partial charge in [-0.1, -0.05) is 33.3 Å². The first kappa shape index (κ1) is 22.2. The SMILES string of the molecule is C=C[C@@]1(O)C[C@H](CC)C[C@@H](C)[C@H](C2=NN3CCCOB3C(CC)=C2c2cc[nH]c2N)C1. The lowest BCUT2D eigenvalue weighted by Gasteiger charge is -2.40. The predicted molar refractivity (Wildman–Crippen MR) is 128 cm³/mol. The molecular formula is C24H37BN4O2. The van der Waals surface area contributed by atoms with E-state index >= 15 is 0 Å². The first-order chi connectivity index (χ1) is 14.9. The molecule has 1 saturated carbocycles. The number of nitrogens with zero attached hydrogens (tertiary/aromatic N) is 2. The van der Waals surface area contributed by atoms with E-state index in [1.807, 2.05) is 12.3 Å². The number of anilines is 1. The Morgan fingerprint density at radius 1 is 1.45 bits per heavy atom. The lowest BCUT2D eigenvalue weighted by Crippen LogP contribution is -2.50. The molecular weight excluding hydrogens is 387 g/mol. The van der Waals surface area contributed by atoms with E-state index in [1.165, 1.54) is 5.47 Å². The highest BCUT2D eigenvalue weighted by atomic mass is 16.4. The van der Waals surface area contributed by atoms with Gasteiger partial charge >= 0.3 is 7.05 Å². The molecule has 4 rings (SSSR count). The van der Waals surface area contributed by atoms with Crippen LogP contribution in [0.5, 0.6) is 0 Å². The zero-order chi connectivity index (χ0) is 22.2. The molecule has 0 unspecified atom stereocenters. The number of allylic oxidation sites excluding steroid dienone is 2. The van der Waals surface area contributed by atoms with Crippen LogP contribution < -0.4 is 5.73 Å². The minimum absolute atomic E-state index is 0.119. The van der Waals surface area contributed by atoms with Crippen molar-refractivity contribution in [1.29, 1.82) is 0 Å². The first-order valence-corrected chi connectivity index (χ1v) is 11.9. The van der Waals surface area contributed by atoms with E-state index < -0.39 is 5.60 Å². The number of aromatic nitrogens is 1. The third-order valence-electron chi connectivity index (χ3n) is 7.53. The molecule has 2 aliphatic heterocycles. The molecule has 0 spiro atoms. The molecule has 0 radical (unpaired) electrons. The van der Waals surface area contributed by atoms with Crippen LogP contribution in [0.3, 0.4) is 0 Å². The van der Waals surface area contributed by atoms with E-state index in [2.05, 4.69) is 37.3 Å². The monoisotopic (exact) mass is 424 g/mol. The van der Waals surface area contributed by atoms with Gasteiger partial charge < -0.3 is 25.4 Å². The van der Waals surface area contributed by atoms with Crippen molar-refractivity contribution >= 4 is 24.2 Å². The molecule has 31 heavy (non-hydrogen) atoms. The fourth-order valence-electron chi connectivity index (χ4n) is 5.79. The Kier molecular flexibility index (Phi) is 6.36. The maximum absolute atomic E-state index is 11.4. The number of aromatic amines is 1. The van der Waals surface area contributed by atoms with Crippen molar-refractivity contribution in [2.24, 2.45) is 22.9 Å². The van der Waals surface area contributed by atoms with E-state index in [-0.39, 0.29) is 13.0 Å². The van der Waals surface area contributed by atoms with Gasteiger partial charge in [-0.25, -0.2) is 0 Å². The lowest BCUT2D eigenvalue weighted by molar-refractivity contribution is 0.0554.